The first-order valence-electron chi connectivity index (χ1n) is 13.3. The molecule has 0 aliphatic carbocycles. The normalized spacial score (nSPS) is 19.7. The summed E-state index contributed by atoms with van der Waals surface area (Å²) in [5, 5.41) is 0.587. The number of hydrogen-bond donors (Lipinski definition) is 0. The van der Waals surface area contributed by atoms with Crippen LogP contribution in [0.5, 0.6) is 0 Å². The number of nitrogens with zero attached hydrogens (tertiary/aromatic N) is 3. The van der Waals surface area contributed by atoms with Crippen molar-refractivity contribution in [1.29, 1.82) is 0 Å². The van der Waals surface area contributed by atoms with E-state index in [0.29, 0.717) is 32.2 Å². The van der Waals surface area contributed by atoms with E-state index in [2.05, 4.69) is 9.36 Å². The molecule has 218 valence electrons. The number of carbonyl (C=O) groups excluding carboxylic acids is 3. The van der Waals surface area contributed by atoms with Crippen molar-refractivity contribution in [2.24, 2.45) is 0 Å². The van der Waals surface area contributed by atoms with Crippen molar-refractivity contribution in [1.82, 2.24) is 13.9 Å². The van der Waals surface area contributed by atoms with E-state index in [0.717, 1.165) is 0 Å². The summed E-state index contributed by atoms with van der Waals surface area (Å²) in [5.74, 6) is -1.85. The SMILES string of the molecule is CSc1nc2cnsc2n1[C@@H]1O[C@H](COC(=O)c2ccccc2)[C@@H](OC(=O)c2ccccc2)[C@H]1OC(=O)c1ccccc1. The van der Waals surface area contributed by atoms with Gasteiger partial charge in [0.15, 0.2) is 23.6 Å². The number of hydrogen-bond acceptors (Lipinski definition) is 11. The number of ether oxygens (including phenoxy) is 4. The average Bonchev–Trinajstić information content (AvgIpc) is 3.74. The van der Waals surface area contributed by atoms with Crippen LogP contribution < -0.4 is 0 Å². The highest BCUT2D eigenvalue weighted by Crippen LogP contribution is 2.40. The van der Waals surface area contributed by atoms with Crippen LogP contribution >= 0.6 is 23.3 Å². The molecule has 0 radical (unpaired) electrons. The average molecular weight is 616 g/mol. The van der Waals surface area contributed by atoms with E-state index in [4.69, 9.17) is 18.9 Å². The molecule has 0 bridgehead atoms. The Morgan fingerprint density at radius 2 is 1.35 bits per heavy atom. The molecule has 0 amide bonds. The van der Waals surface area contributed by atoms with Crippen molar-refractivity contribution in [2.75, 3.05) is 12.9 Å². The van der Waals surface area contributed by atoms with Gasteiger partial charge in [0.2, 0.25) is 0 Å². The standard InChI is InChI=1S/C31H25N3O7S2/c1-42-31-33-22-17-32-43-27(22)34(31)26-25(41-30(37)21-15-9-4-10-16-21)24(40-29(36)20-13-7-3-8-14-20)23(39-26)18-38-28(35)19-11-5-2-6-12-19/h2-17,23-26H,18H2,1H3/t23-,24-,25-,26-/m1/s1. The maximum absolute atomic E-state index is 13.4. The van der Waals surface area contributed by atoms with Crippen LogP contribution in [0, 0.1) is 0 Å². The Balaban J connectivity index is 1.38. The first-order valence-corrected chi connectivity index (χ1v) is 15.3. The van der Waals surface area contributed by atoms with Gasteiger partial charge in [-0.15, -0.1) is 0 Å². The van der Waals surface area contributed by atoms with Gasteiger partial charge in [0.1, 0.15) is 23.1 Å². The summed E-state index contributed by atoms with van der Waals surface area (Å²) in [6.07, 6.45) is -0.738. The number of carbonyl (C=O) groups is 3. The van der Waals surface area contributed by atoms with Crippen molar-refractivity contribution in [3.8, 4) is 0 Å². The van der Waals surface area contributed by atoms with Crippen molar-refractivity contribution < 1.29 is 33.3 Å². The minimum absolute atomic E-state index is 0.272. The molecular weight excluding hydrogens is 590 g/mol. The summed E-state index contributed by atoms with van der Waals surface area (Å²) in [6.45, 7) is -0.272. The van der Waals surface area contributed by atoms with E-state index in [1.807, 2.05) is 6.26 Å². The molecule has 1 saturated heterocycles. The summed E-state index contributed by atoms with van der Waals surface area (Å²) in [7, 11) is 0. The van der Waals surface area contributed by atoms with Gasteiger partial charge in [-0.3, -0.25) is 4.57 Å². The molecule has 1 aliphatic heterocycles. The smallest absolute Gasteiger partial charge is 0.338 e. The van der Waals surface area contributed by atoms with Gasteiger partial charge >= 0.3 is 17.9 Å². The van der Waals surface area contributed by atoms with Crippen LogP contribution in [0.1, 0.15) is 37.3 Å². The highest BCUT2D eigenvalue weighted by molar-refractivity contribution is 7.98. The maximum atomic E-state index is 13.4. The second kappa shape index (κ2) is 12.8. The van der Waals surface area contributed by atoms with Gasteiger partial charge in [-0.25, -0.2) is 19.4 Å². The van der Waals surface area contributed by atoms with Crippen molar-refractivity contribution in [3.05, 3.63) is 114 Å². The zero-order valence-corrected chi connectivity index (χ0v) is 24.4. The summed E-state index contributed by atoms with van der Waals surface area (Å²) in [6, 6.07) is 25.5. The third-order valence-corrected chi connectivity index (χ3v) is 8.23. The third-order valence-electron chi connectivity index (χ3n) is 6.79. The van der Waals surface area contributed by atoms with Crippen LogP contribution in [-0.4, -0.2) is 63.0 Å². The summed E-state index contributed by atoms with van der Waals surface area (Å²) < 4.78 is 30.2. The predicted molar refractivity (Wildman–Crippen MR) is 159 cm³/mol. The molecule has 0 spiro atoms. The lowest BCUT2D eigenvalue weighted by atomic mass is 10.1. The fourth-order valence-electron chi connectivity index (χ4n) is 4.75. The van der Waals surface area contributed by atoms with Crippen LogP contribution in [0.4, 0.5) is 0 Å². The van der Waals surface area contributed by atoms with Crippen LogP contribution in [-0.2, 0) is 18.9 Å². The fraction of sp³-hybridized carbons (Fsp3) is 0.194. The van der Waals surface area contributed by atoms with E-state index in [9.17, 15) is 14.4 Å². The van der Waals surface area contributed by atoms with Gasteiger partial charge in [0.05, 0.1) is 22.9 Å². The lowest BCUT2D eigenvalue weighted by molar-refractivity contribution is -0.0634. The zero-order valence-electron chi connectivity index (χ0n) is 22.8. The molecule has 43 heavy (non-hydrogen) atoms. The number of fused-ring (bicyclic) bond motifs is 1. The Labute approximate surface area is 254 Å². The maximum Gasteiger partial charge on any atom is 0.338 e. The molecule has 10 nitrogen and oxygen atoms in total. The second-order valence-electron chi connectivity index (χ2n) is 9.49. The minimum atomic E-state index is -1.14. The van der Waals surface area contributed by atoms with E-state index < -0.39 is 42.4 Å². The molecule has 3 heterocycles. The van der Waals surface area contributed by atoms with E-state index in [-0.39, 0.29) is 6.61 Å². The molecule has 3 aromatic carbocycles. The number of aromatic nitrogens is 3. The van der Waals surface area contributed by atoms with Gasteiger partial charge in [-0.2, -0.15) is 4.37 Å². The molecule has 1 aliphatic rings. The fourth-order valence-corrected chi connectivity index (χ4v) is 6.11. The van der Waals surface area contributed by atoms with E-state index in [1.165, 1.54) is 23.3 Å². The highest BCUT2D eigenvalue weighted by atomic mass is 32.2. The Kier molecular flexibility index (Phi) is 8.50. The molecule has 4 atom stereocenters. The molecule has 1 fully saturated rings. The highest BCUT2D eigenvalue weighted by Gasteiger charge is 2.52. The largest absolute Gasteiger partial charge is 0.459 e. The summed E-state index contributed by atoms with van der Waals surface area (Å²) >= 11 is 2.58. The Morgan fingerprint density at radius 1 is 0.814 bits per heavy atom. The van der Waals surface area contributed by atoms with Gasteiger partial charge in [0, 0.05) is 0 Å². The van der Waals surface area contributed by atoms with Crippen LogP contribution in [0.2, 0.25) is 0 Å². The molecular formula is C31H25N3O7S2. The topological polar surface area (TPSA) is 119 Å². The quantitative estimate of drug-likeness (QED) is 0.121. The second-order valence-corrected chi connectivity index (χ2v) is 11.0. The molecule has 6 rings (SSSR count). The molecule has 12 heteroatoms. The summed E-state index contributed by atoms with van der Waals surface area (Å²) in [4.78, 5) is 44.9. The molecule has 5 aromatic rings. The molecule has 0 saturated carbocycles. The monoisotopic (exact) mass is 615 g/mol. The Morgan fingerprint density at radius 3 is 1.91 bits per heavy atom. The minimum Gasteiger partial charge on any atom is -0.459 e. The molecule has 2 aromatic heterocycles. The first kappa shape index (κ1) is 28.6. The number of thioether (sulfide) groups is 1. The number of benzene rings is 3. The van der Waals surface area contributed by atoms with Crippen molar-refractivity contribution >= 4 is 51.5 Å². The van der Waals surface area contributed by atoms with Gasteiger partial charge in [-0.05, 0) is 54.2 Å². The van der Waals surface area contributed by atoms with Crippen LogP contribution in [0.25, 0.3) is 10.3 Å². The number of imidazole rings is 1. The zero-order chi connectivity index (χ0) is 29.8. The van der Waals surface area contributed by atoms with Crippen molar-refractivity contribution in [3.63, 3.8) is 0 Å². The van der Waals surface area contributed by atoms with Gasteiger partial charge in [0.25, 0.3) is 0 Å². The number of rotatable bonds is 9. The lowest BCUT2D eigenvalue weighted by Crippen LogP contribution is -2.41. The third kappa shape index (κ3) is 6.03. The van der Waals surface area contributed by atoms with Gasteiger partial charge in [-0.1, -0.05) is 66.4 Å². The molecule has 0 N–H and O–H groups in total. The number of esters is 3. The Hall–Kier alpha value is -4.52. The molecule has 0 unspecified atom stereocenters. The van der Waals surface area contributed by atoms with Crippen LogP contribution in [0.3, 0.4) is 0 Å². The van der Waals surface area contributed by atoms with Crippen LogP contribution in [0.15, 0.2) is 102 Å². The lowest BCUT2D eigenvalue weighted by Gasteiger charge is -2.25. The van der Waals surface area contributed by atoms with E-state index >= 15 is 0 Å². The Bertz CT molecular complexity index is 1730. The van der Waals surface area contributed by atoms with Crippen molar-refractivity contribution in [2.45, 2.75) is 29.7 Å². The summed E-state index contributed by atoms with van der Waals surface area (Å²) in [5.41, 5.74) is 1.61. The van der Waals surface area contributed by atoms with Gasteiger partial charge < -0.3 is 18.9 Å². The van der Waals surface area contributed by atoms with E-state index in [1.54, 1.807) is 102 Å². The first-order chi connectivity index (χ1) is 21.0. The predicted octanol–water partition coefficient (Wildman–Crippen LogP) is 5.42.